The van der Waals surface area contributed by atoms with Crippen molar-refractivity contribution >= 4 is 40.5 Å². The van der Waals surface area contributed by atoms with Crippen molar-refractivity contribution in [3.8, 4) is 0 Å². The van der Waals surface area contributed by atoms with Gasteiger partial charge in [0.1, 0.15) is 5.54 Å². The molecule has 32 heavy (non-hydrogen) atoms. The average Bonchev–Trinajstić information content (AvgIpc) is 3.01. The van der Waals surface area contributed by atoms with Gasteiger partial charge in [-0.3, -0.25) is 24.4 Å². The fourth-order valence-corrected chi connectivity index (χ4v) is 5.09. The summed E-state index contributed by atoms with van der Waals surface area (Å²) < 4.78 is 1.59. The van der Waals surface area contributed by atoms with E-state index >= 15 is 0 Å². The molecule has 0 unspecified atom stereocenters. The van der Waals surface area contributed by atoms with E-state index in [1.54, 1.807) is 22.8 Å². The van der Waals surface area contributed by atoms with Gasteiger partial charge in [0.25, 0.3) is 11.5 Å². The largest absolute Gasteiger partial charge is 0.344 e. The van der Waals surface area contributed by atoms with Crippen molar-refractivity contribution in [2.45, 2.75) is 69.1 Å². The van der Waals surface area contributed by atoms with Crippen LogP contribution in [0.5, 0.6) is 0 Å². The Balaban J connectivity index is 1.47. The number of carbonyl (C=O) groups is 3. The highest BCUT2D eigenvalue weighted by Crippen LogP contribution is 2.33. The van der Waals surface area contributed by atoms with E-state index in [0.29, 0.717) is 35.4 Å². The van der Waals surface area contributed by atoms with Gasteiger partial charge in [0.05, 0.1) is 16.7 Å². The van der Waals surface area contributed by atoms with Crippen LogP contribution in [0.1, 0.15) is 51.9 Å². The smallest absolute Gasteiger partial charge is 0.322 e. The molecule has 1 aliphatic heterocycles. The normalized spacial score (nSPS) is 17.7. The second kappa shape index (κ2) is 9.32. The predicted octanol–water partition coefficient (Wildman–Crippen LogP) is 2.57. The molecule has 1 saturated carbocycles. The molecular formula is C22H27N5O4S. The van der Waals surface area contributed by atoms with Crippen molar-refractivity contribution in [3.63, 3.8) is 0 Å². The van der Waals surface area contributed by atoms with Crippen LogP contribution >= 0.6 is 11.8 Å². The summed E-state index contributed by atoms with van der Waals surface area (Å²) in [7, 11) is 0. The lowest BCUT2D eigenvalue weighted by molar-refractivity contribution is -0.139. The summed E-state index contributed by atoms with van der Waals surface area (Å²) >= 11 is 1.12. The van der Waals surface area contributed by atoms with Gasteiger partial charge in [-0.25, -0.2) is 9.78 Å². The first-order chi connectivity index (χ1) is 15.4. The number of carbonyl (C=O) groups excluding carboxylic acids is 3. The molecule has 2 aromatic rings. The van der Waals surface area contributed by atoms with Gasteiger partial charge < -0.3 is 5.32 Å². The molecule has 10 heteroatoms. The van der Waals surface area contributed by atoms with Gasteiger partial charge in [-0.2, -0.15) is 5.01 Å². The molecule has 2 N–H and O–H groups in total. The average molecular weight is 458 g/mol. The third-order valence-corrected chi connectivity index (χ3v) is 6.98. The maximum Gasteiger partial charge on any atom is 0.344 e. The fourth-order valence-electron chi connectivity index (χ4n) is 4.27. The van der Waals surface area contributed by atoms with Crippen LogP contribution in [0, 0.1) is 0 Å². The molecule has 4 amide bonds. The van der Waals surface area contributed by atoms with Crippen molar-refractivity contribution in [1.82, 2.24) is 25.3 Å². The number of aromatic nitrogens is 2. The predicted molar refractivity (Wildman–Crippen MR) is 121 cm³/mol. The number of fused-ring (bicyclic) bond motifs is 1. The zero-order chi connectivity index (χ0) is 22.7. The van der Waals surface area contributed by atoms with Crippen LogP contribution in [0.4, 0.5) is 4.79 Å². The molecule has 4 rings (SSSR count). The summed E-state index contributed by atoms with van der Waals surface area (Å²) in [5.41, 5.74) is 1.97. The molecule has 170 valence electrons. The molecular weight excluding hydrogens is 430 g/mol. The number of thioether (sulfide) groups is 1. The van der Waals surface area contributed by atoms with E-state index < -0.39 is 23.4 Å². The van der Waals surface area contributed by atoms with Crippen molar-refractivity contribution in [3.05, 3.63) is 34.6 Å². The Morgan fingerprint density at radius 2 is 1.94 bits per heavy atom. The lowest BCUT2D eigenvalue weighted by Gasteiger charge is -2.30. The lowest BCUT2D eigenvalue weighted by Crippen LogP contribution is -2.51. The Kier molecular flexibility index (Phi) is 6.50. The summed E-state index contributed by atoms with van der Waals surface area (Å²) in [4.78, 5) is 55.3. The Hall–Kier alpha value is -2.88. The highest BCUT2D eigenvalue weighted by molar-refractivity contribution is 7.99. The van der Waals surface area contributed by atoms with Crippen LogP contribution < -0.4 is 16.3 Å². The van der Waals surface area contributed by atoms with E-state index in [2.05, 4.69) is 15.7 Å². The first-order valence-corrected chi connectivity index (χ1v) is 12.0. The number of unbranched alkanes of at least 4 members (excludes halogenated alkanes) is 1. The summed E-state index contributed by atoms with van der Waals surface area (Å²) in [6.45, 7) is 2.55. The first kappa shape index (κ1) is 22.3. The van der Waals surface area contributed by atoms with Crippen LogP contribution in [0.25, 0.3) is 10.9 Å². The minimum atomic E-state index is -0.893. The number of urea groups is 1. The molecule has 2 fully saturated rings. The van der Waals surface area contributed by atoms with Gasteiger partial charge in [0.15, 0.2) is 5.16 Å². The highest BCUT2D eigenvalue weighted by atomic mass is 32.2. The van der Waals surface area contributed by atoms with Gasteiger partial charge in [-0.05, 0) is 31.4 Å². The second-order valence-corrected chi connectivity index (χ2v) is 9.20. The van der Waals surface area contributed by atoms with Crippen LogP contribution in [0.15, 0.2) is 34.2 Å². The number of imide groups is 1. The minimum Gasteiger partial charge on any atom is -0.322 e. The van der Waals surface area contributed by atoms with E-state index in [1.165, 1.54) is 0 Å². The molecule has 2 heterocycles. The molecule has 0 radical (unpaired) electrons. The van der Waals surface area contributed by atoms with Gasteiger partial charge >= 0.3 is 6.03 Å². The number of hydrogen-bond acceptors (Lipinski definition) is 6. The number of amides is 4. The van der Waals surface area contributed by atoms with Crippen LogP contribution in [0.2, 0.25) is 0 Å². The Morgan fingerprint density at radius 3 is 2.69 bits per heavy atom. The number of benzene rings is 1. The van der Waals surface area contributed by atoms with Crippen LogP contribution in [-0.2, 0) is 16.1 Å². The van der Waals surface area contributed by atoms with E-state index in [0.717, 1.165) is 48.9 Å². The highest BCUT2D eigenvalue weighted by Gasteiger charge is 2.52. The number of nitrogens with one attached hydrogen (secondary N) is 2. The van der Waals surface area contributed by atoms with Crippen molar-refractivity contribution in [1.29, 1.82) is 0 Å². The van der Waals surface area contributed by atoms with E-state index in [1.807, 2.05) is 13.0 Å². The van der Waals surface area contributed by atoms with Gasteiger partial charge in [-0.15, -0.1) is 0 Å². The quantitative estimate of drug-likeness (QED) is 0.375. The molecule has 0 bridgehead atoms. The van der Waals surface area contributed by atoms with Crippen molar-refractivity contribution < 1.29 is 14.4 Å². The SMILES string of the molecule is CCCCn1c(SCC(=O)NN2C(=O)NC3(CCCCC3)C2=O)nc2ccccc2c1=O. The summed E-state index contributed by atoms with van der Waals surface area (Å²) in [5, 5.41) is 4.54. The summed E-state index contributed by atoms with van der Waals surface area (Å²) in [6, 6.07) is 6.52. The standard InChI is InChI=1S/C22H27N5O4S/c1-2-3-13-26-18(29)15-9-5-6-10-16(15)23-21(26)32-14-17(28)25-27-19(30)22(24-20(27)31)11-7-4-8-12-22/h5-6,9-10H,2-4,7-8,11-14H2,1H3,(H,24,31)(H,25,28). The van der Waals surface area contributed by atoms with Crippen LogP contribution in [0.3, 0.4) is 0 Å². The topological polar surface area (TPSA) is 113 Å². The van der Waals surface area contributed by atoms with E-state index in [-0.39, 0.29) is 11.3 Å². The zero-order valence-corrected chi connectivity index (χ0v) is 18.9. The number of rotatable bonds is 7. The Morgan fingerprint density at radius 1 is 1.19 bits per heavy atom. The minimum absolute atomic E-state index is 0.0824. The zero-order valence-electron chi connectivity index (χ0n) is 18.1. The number of hydrazine groups is 1. The molecule has 1 spiro atoms. The fraction of sp³-hybridized carbons (Fsp3) is 0.500. The molecule has 0 atom stereocenters. The third-order valence-electron chi connectivity index (χ3n) is 6.00. The molecule has 1 saturated heterocycles. The Bertz CT molecular complexity index is 1110. The first-order valence-electron chi connectivity index (χ1n) is 11.0. The molecule has 1 aliphatic carbocycles. The number of nitrogens with zero attached hydrogens (tertiary/aromatic N) is 3. The monoisotopic (exact) mass is 457 g/mol. The number of para-hydroxylation sites is 1. The van der Waals surface area contributed by atoms with E-state index in [9.17, 15) is 19.2 Å². The van der Waals surface area contributed by atoms with E-state index in [4.69, 9.17) is 0 Å². The summed E-state index contributed by atoms with van der Waals surface area (Å²) in [5.74, 6) is -0.985. The summed E-state index contributed by atoms with van der Waals surface area (Å²) in [6.07, 6.45) is 5.67. The molecule has 1 aromatic heterocycles. The van der Waals surface area contributed by atoms with Gasteiger partial charge in [-0.1, -0.05) is 56.5 Å². The van der Waals surface area contributed by atoms with Gasteiger partial charge in [0.2, 0.25) is 5.91 Å². The third kappa shape index (κ3) is 4.23. The molecule has 2 aliphatic rings. The van der Waals surface area contributed by atoms with Gasteiger partial charge in [0, 0.05) is 6.54 Å². The van der Waals surface area contributed by atoms with Crippen molar-refractivity contribution in [2.24, 2.45) is 0 Å². The van der Waals surface area contributed by atoms with Crippen molar-refractivity contribution in [2.75, 3.05) is 5.75 Å². The second-order valence-electron chi connectivity index (χ2n) is 8.26. The maximum atomic E-state index is 12.9. The molecule has 1 aromatic carbocycles. The maximum absolute atomic E-state index is 12.9. The molecule has 9 nitrogen and oxygen atoms in total. The van der Waals surface area contributed by atoms with Crippen LogP contribution in [-0.4, -0.2) is 43.7 Å². The Labute approximate surface area is 189 Å². The lowest BCUT2D eigenvalue weighted by atomic mass is 9.82. The number of hydrogen-bond donors (Lipinski definition) is 2.